The van der Waals surface area contributed by atoms with Crippen LogP contribution in [0.15, 0.2) is 65.1 Å². The Bertz CT molecular complexity index is 1260. The van der Waals surface area contributed by atoms with Gasteiger partial charge in [-0.25, -0.2) is 4.68 Å². The molecular formula is C24H25N5O3S2. The average molecular weight is 496 g/mol. The lowest BCUT2D eigenvalue weighted by atomic mass is 10.0. The van der Waals surface area contributed by atoms with Crippen molar-refractivity contribution in [2.24, 2.45) is 0 Å². The molecule has 0 fully saturated rings. The van der Waals surface area contributed by atoms with E-state index >= 15 is 0 Å². The summed E-state index contributed by atoms with van der Waals surface area (Å²) in [6, 6.07) is 17.3. The monoisotopic (exact) mass is 495 g/mol. The van der Waals surface area contributed by atoms with Gasteiger partial charge in [0.05, 0.1) is 26.0 Å². The second-order valence-electron chi connectivity index (χ2n) is 7.46. The summed E-state index contributed by atoms with van der Waals surface area (Å²) in [6.45, 7) is 2.04. The maximum absolute atomic E-state index is 12.8. The number of aromatic nitrogens is 3. The summed E-state index contributed by atoms with van der Waals surface area (Å²) >= 11 is 2.83. The molecule has 0 bridgehead atoms. The molecule has 3 N–H and O–H groups in total. The van der Waals surface area contributed by atoms with Crippen molar-refractivity contribution in [2.75, 3.05) is 25.8 Å². The number of rotatable bonds is 9. The fourth-order valence-electron chi connectivity index (χ4n) is 3.41. The van der Waals surface area contributed by atoms with Gasteiger partial charge in [0.25, 0.3) is 0 Å². The van der Waals surface area contributed by atoms with Gasteiger partial charge in [-0.2, -0.15) is 0 Å². The van der Waals surface area contributed by atoms with Gasteiger partial charge in [-0.05, 0) is 42.1 Å². The fraction of sp³-hybridized carbons (Fsp3) is 0.208. The summed E-state index contributed by atoms with van der Waals surface area (Å²) in [5.41, 5.74) is 2.92. The Morgan fingerprint density at radius 1 is 1.12 bits per heavy atom. The molecule has 0 spiro atoms. The molecule has 0 radical (unpaired) electrons. The number of nitrogens with two attached hydrogens (primary N) is 1. The van der Waals surface area contributed by atoms with Crippen LogP contribution < -0.4 is 20.6 Å². The maximum atomic E-state index is 12.8. The van der Waals surface area contributed by atoms with Gasteiger partial charge >= 0.3 is 0 Å². The van der Waals surface area contributed by atoms with Gasteiger partial charge in [-0.3, -0.25) is 4.79 Å². The van der Waals surface area contributed by atoms with Crippen LogP contribution in [0, 0.1) is 6.92 Å². The van der Waals surface area contributed by atoms with Crippen molar-refractivity contribution in [2.45, 2.75) is 18.1 Å². The van der Waals surface area contributed by atoms with E-state index in [4.69, 9.17) is 15.3 Å². The quantitative estimate of drug-likeness (QED) is 0.267. The molecule has 1 atom stereocenters. The molecule has 2 aromatic heterocycles. The van der Waals surface area contributed by atoms with Crippen LogP contribution in [0.2, 0.25) is 0 Å². The highest BCUT2D eigenvalue weighted by molar-refractivity contribution is 7.99. The highest BCUT2D eigenvalue weighted by Crippen LogP contribution is 2.32. The van der Waals surface area contributed by atoms with Crippen molar-refractivity contribution in [3.63, 3.8) is 0 Å². The first-order chi connectivity index (χ1) is 16.5. The molecule has 0 saturated heterocycles. The Kier molecular flexibility index (Phi) is 7.39. The SMILES string of the molecule is COc1ccc(-c2nnc(SCC(=O)NC(c3ccc(C)cc3)c3cccs3)n2N)cc1OC. The Hall–Kier alpha value is -3.50. The molecular weight excluding hydrogens is 470 g/mol. The topological polar surface area (TPSA) is 104 Å². The summed E-state index contributed by atoms with van der Waals surface area (Å²) in [6.07, 6.45) is 0. The maximum Gasteiger partial charge on any atom is 0.231 e. The zero-order valence-corrected chi connectivity index (χ0v) is 20.7. The zero-order valence-electron chi connectivity index (χ0n) is 19.0. The average Bonchev–Trinajstić information content (AvgIpc) is 3.51. The van der Waals surface area contributed by atoms with E-state index in [1.54, 1.807) is 37.7 Å². The Labute approximate surface area is 206 Å². The minimum Gasteiger partial charge on any atom is -0.493 e. The van der Waals surface area contributed by atoms with E-state index in [1.165, 1.54) is 22.0 Å². The van der Waals surface area contributed by atoms with Gasteiger partial charge in [-0.1, -0.05) is 47.7 Å². The number of nitrogens with one attached hydrogen (secondary N) is 1. The highest BCUT2D eigenvalue weighted by Gasteiger charge is 2.20. The molecule has 4 aromatic rings. The molecule has 4 rings (SSSR count). The number of hydrogen-bond donors (Lipinski definition) is 2. The van der Waals surface area contributed by atoms with Crippen molar-refractivity contribution >= 4 is 29.0 Å². The molecule has 176 valence electrons. The third-order valence-corrected chi connectivity index (χ3v) is 7.06. The van der Waals surface area contributed by atoms with E-state index in [2.05, 4.69) is 15.5 Å². The second-order valence-corrected chi connectivity index (χ2v) is 9.38. The molecule has 34 heavy (non-hydrogen) atoms. The summed E-state index contributed by atoms with van der Waals surface area (Å²) in [4.78, 5) is 13.9. The van der Waals surface area contributed by atoms with E-state index in [0.717, 1.165) is 16.0 Å². The number of carbonyl (C=O) groups is 1. The number of ether oxygens (including phenoxy) is 2. The van der Waals surface area contributed by atoms with E-state index in [0.29, 0.717) is 22.5 Å². The zero-order chi connectivity index (χ0) is 24.1. The first-order valence-electron chi connectivity index (χ1n) is 10.4. The first-order valence-corrected chi connectivity index (χ1v) is 12.3. The summed E-state index contributed by atoms with van der Waals surface area (Å²) in [5.74, 6) is 7.89. The lowest BCUT2D eigenvalue weighted by Gasteiger charge is -2.18. The normalized spacial score (nSPS) is 11.7. The van der Waals surface area contributed by atoms with Crippen LogP contribution in [-0.4, -0.2) is 40.8 Å². The number of hydrogen-bond acceptors (Lipinski definition) is 8. The predicted octanol–water partition coefficient (Wildman–Crippen LogP) is 4.04. The van der Waals surface area contributed by atoms with Gasteiger partial charge in [0.2, 0.25) is 11.1 Å². The Morgan fingerprint density at radius 3 is 2.56 bits per heavy atom. The number of nitrogens with zero attached hydrogens (tertiary/aromatic N) is 3. The molecule has 0 aliphatic rings. The Balaban J connectivity index is 1.46. The molecule has 0 saturated carbocycles. The highest BCUT2D eigenvalue weighted by atomic mass is 32.2. The number of methoxy groups -OCH3 is 2. The largest absolute Gasteiger partial charge is 0.493 e. The van der Waals surface area contributed by atoms with Crippen LogP contribution in [0.5, 0.6) is 11.5 Å². The standard InChI is InChI=1S/C24H25N5O3S2/c1-15-6-8-16(9-7-15)22(20-5-4-12-33-20)26-21(30)14-34-24-28-27-23(29(24)25)17-10-11-18(31-2)19(13-17)32-3/h4-13,22H,14,25H2,1-3H3,(H,26,30). The number of amides is 1. The summed E-state index contributed by atoms with van der Waals surface area (Å²) < 4.78 is 12.0. The fourth-order valence-corrected chi connectivity index (χ4v) is 4.88. The number of thiophene rings is 1. The molecule has 8 nitrogen and oxygen atoms in total. The van der Waals surface area contributed by atoms with E-state index in [1.807, 2.05) is 54.8 Å². The Morgan fingerprint density at radius 2 is 1.88 bits per heavy atom. The minimum absolute atomic E-state index is 0.125. The van der Waals surface area contributed by atoms with Crippen molar-refractivity contribution in [3.05, 3.63) is 76.0 Å². The van der Waals surface area contributed by atoms with Crippen LogP contribution in [0.1, 0.15) is 22.0 Å². The third-order valence-electron chi connectivity index (χ3n) is 5.18. The van der Waals surface area contributed by atoms with Crippen molar-refractivity contribution in [3.8, 4) is 22.9 Å². The second kappa shape index (κ2) is 10.6. The van der Waals surface area contributed by atoms with Crippen LogP contribution >= 0.6 is 23.1 Å². The van der Waals surface area contributed by atoms with Gasteiger partial charge in [-0.15, -0.1) is 21.5 Å². The van der Waals surface area contributed by atoms with E-state index in [9.17, 15) is 4.79 Å². The van der Waals surface area contributed by atoms with Gasteiger partial charge in [0.15, 0.2) is 17.3 Å². The summed E-state index contributed by atoms with van der Waals surface area (Å²) in [5, 5.41) is 13.9. The number of thioether (sulfide) groups is 1. The number of benzene rings is 2. The first kappa shape index (κ1) is 23.7. The third kappa shape index (κ3) is 5.18. The lowest BCUT2D eigenvalue weighted by molar-refractivity contribution is -0.119. The predicted molar refractivity (Wildman–Crippen MR) is 135 cm³/mol. The van der Waals surface area contributed by atoms with Crippen molar-refractivity contribution in [1.82, 2.24) is 20.2 Å². The summed E-state index contributed by atoms with van der Waals surface area (Å²) in [7, 11) is 3.14. The lowest BCUT2D eigenvalue weighted by Crippen LogP contribution is -2.30. The van der Waals surface area contributed by atoms with Crippen LogP contribution in [0.25, 0.3) is 11.4 Å². The number of carbonyl (C=O) groups excluding carboxylic acids is 1. The molecule has 1 unspecified atom stereocenters. The van der Waals surface area contributed by atoms with Gasteiger partial charge in [0.1, 0.15) is 0 Å². The van der Waals surface area contributed by atoms with Gasteiger partial charge < -0.3 is 20.6 Å². The van der Waals surface area contributed by atoms with Crippen LogP contribution in [-0.2, 0) is 4.79 Å². The van der Waals surface area contributed by atoms with Crippen molar-refractivity contribution < 1.29 is 14.3 Å². The smallest absolute Gasteiger partial charge is 0.231 e. The molecule has 0 aliphatic heterocycles. The number of nitrogen functional groups attached to an aromatic ring is 1. The molecule has 2 heterocycles. The van der Waals surface area contributed by atoms with Crippen LogP contribution in [0.3, 0.4) is 0 Å². The minimum atomic E-state index is -0.216. The van der Waals surface area contributed by atoms with E-state index < -0.39 is 0 Å². The number of aryl methyl sites for hydroxylation is 1. The van der Waals surface area contributed by atoms with Crippen molar-refractivity contribution in [1.29, 1.82) is 0 Å². The van der Waals surface area contributed by atoms with Gasteiger partial charge in [0, 0.05) is 10.4 Å². The molecule has 10 heteroatoms. The molecule has 2 aromatic carbocycles. The molecule has 0 aliphatic carbocycles. The molecule has 1 amide bonds. The van der Waals surface area contributed by atoms with Crippen LogP contribution in [0.4, 0.5) is 0 Å². The van der Waals surface area contributed by atoms with E-state index in [-0.39, 0.29) is 17.7 Å².